The van der Waals surface area contributed by atoms with Gasteiger partial charge in [-0.1, -0.05) is 48.5 Å². The molecule has 0 bridgehead atoms. The van der Waals surface area contributed by atoms with Gasteiger partial charge in [-0.3, -0.25) is 14.9 Å². The highest BCUT2D eigenvalue weighted by atomic mass is 16.6. The van der Waals surface area contributed by atoms with Crippen LogP contribution in [0.15, 0.2) is 65.8 Å². The van der Waals surface area contributed by atoms with Crippen LogP contribution in [0.2, 0.25) is 0 Å². The number of carbonyl (C=O) groups excluding carboxylic acids is 1. The van der Waals surface area contributed by atoms with Gasteiger partial charge in [0.05, 0.1) is 4.92 Å². The largest absolute Gasteiger partial charge is 0.378 e. The molecule has 0 fully saturated rings. The average molecular weight is 325 g/mol. The van der Waals surface area contributed by atoms with Crippen LogP contribution in [0, 0.1) is 10.1 Å². The number of non-ortho nitro benzene ring substituents is 1. The van der Waals surface area contributed by atoms with Gasteiger partial charge in [0.25, 0.3) is 11.6 Å². The predicted molar refractivity (Wildman–Crippen MR) is 90.2 cm³/mol. The topological polar surface area (TPSA) is 105 Å². The second-order valence-corrected chi connectivity index (χ2v) is 4.78. The summed E-state index contributed by atoms with van der Waals surface area (Å²) < 4.78 is 0. The predicted octanol–water partition coefficient (Wildman–Crippen LogP) is 2.44. The molecule has 1 atom stereocenters. The molecule has 0 aliphatic carbocycles. The molecule has 122 valence electrons. The van der Waals surface area contributed by atoms with Gasteiger partial charge in [-0.25, -0.2) is 5.43 Å². The van der Waals surface area contributed by atoms with Crippen molar-refractivity contribution in [3.05, 3.63) is 81.9 Å². The number of carbonyl (C=O) groups is 1. The van der Waals surface area contributed by atoms with Crippen molar-refractivity contribution in [1.82, 2.24) is 5.43 Å². The summed E-state index contributed by atoms with van der Waals surface area (Å²) in [6.07, 6.45) is 3.14. The van der Waals surface area contributed by atoms with Crippen molar-refractivity contribution in [3.63, 3.8) is 0 Å². The van der Waals surface area contributed by atoms with Crippen LogP contribution in [-0.2, 0) is 4.79 Å². The van der Waals surface area contributed by atoms with Gasteiger partial charge in [0, 0.05) is 18.3 Å². The van der Waals surface area contributed by atoms with E-state index in [9.17, 15) is 20.0 Å². The van der Waals surface area contributed by atoms with Gasteiger partial charge in [0.2, 0.25) is 0 Å². The highest BCUT2D eigenvalue weighted by molar-refractivity contribution is 5.84. The van der Waals surface area contributed by atoms with Gasteiger partial charge < -0.3 is 5.11 Å². The fraction of sp³-hybridized carbons (Fsp3) is 0.0588. The summed E-state index contributed by atoms with van der Waals surface area (Å²) in [5.74, 6) is -0.652. The highest BCUT2D eigenvalue weighted by Crippen LogP contribution is 2.14. The lowest BCUT2D eigenvalue weighted by Crippen LogP contribution is -2.24. The Morgan fingerprint density at radius 1 is 1.21 bits per heavy atom. The van der Waals surface area contributed by atoms with Gasteiger partial charge in [0.15, 0.2) is 6.10 Å². The lowest BCUT2D eigenvalue weighted by molar-refractivity contribution is -0.384. The quantitative estimate of drug-likeness (QED) is 0.483. The smallest absolute Gasteiger partial charge is 0.273 e. The second-order valence-electron chi connectivity index (χ2n) is 4.78. The first kappa shape index (κ1) is 17.0. The number of allylic oxidation sites excluding steroid dienone is 1. The zero-order valence-electron chi connectivity index (χ0n) is 12.6. The van der Waals surface area contributed by atoms with Gasteiger partial charge in [0.1, 0.15) is 0 Å². The van der Waals surface area contributed by atoms with Gasteiger partial charge in [-0.15, -0.1) is 0 Å². The molecular weight excluding hydrogens is 310 g/mol. The number of benzene rings is 2. The minimum absolute atomic E-state index is 0.00613. The summed E-state index contributed by atoms with van der Waals surface area (Å²) in [5, 5.41) is 24.2. The number of hydrogen-bond acceptors (Lipinski definition) is 5. The summed E-state index contributed by atoms with van der Waals surface area (Å²) in [6.45, 7) is 0. The van der Waals surface area contributed by atoms with E-state index >= 15 is 0 Å². The van der Waals surface area contributed by atoms with Crippen LogP contribution in [0.1, 0.15) is 17.2 Å². The third-order valence-electron chi connectivity index (χ3n) is 3.07. The Morgan fingerprint density at radius 3 is 2.67 bits per heavy atom. The lowest BCUT2D eigenvalue weighted by atomic mass is 10.1. The molecule has 0 saturated heterocycles. The molecule has 2 N–H and O–H groups in total. The summed E-state index contributed by atoms with van der Waals surface area (Å²) in [5.41, 5.74) is 3.31. The van der Waals surface area contributed by atoms with Gasteiger partial charge in [-0.2, -0.15) is 5.10 Å². The zero-order chi connectivity index (χ0) is 17.4. The first-order chi connectivity index (χ1) is 11.6. The van der Waals surface area contributed by atoms with E-state index in [4.69, 9.17) is 0 Å². The summed E-state index contributed by atoms with van der Waals surface area (Å²) in [4.78, 5) is 21.9. The maximum atomic E-state index is 11.7. The van der Waals surface area contributed by atoms with Crippen LogP contribution in [-0.4, -0.2) is 22.2 Å². The zero-order valence-corrected chi connectivity index (χ0v) is 12.6. The molecule has 24 heavy (non-hydrogen) atoms. The molecule has 0 saturated carbocycles. The van der Waals surface area contributed by atoms with E-state index in [-0.39, 0.29) is 5.69 Å². The van der Waals surface area contributed by atoms with Crippen LogP contribution in [0.3, 0.4) is 0 Å². The lowest BCUT2D eigenvalue weighted by Gasteiger charge is -2.08. The molecule has 1 amide bonds. The van der Waals surface area contributed by atoms with Crippen molar-refractivity contribution in [2.24, 2.45) is 5.10 Å². The molecule has 7 heteroatoms. The average Bonchev–Trinajstić information content (AvgIpc) is 2.61. The minimum atomic E-state index is -1.30. The van der Waals surface area contributed by atoms with Crippen LogP contribution in [0.25, 0.3) is 6.08 Å². The van der Waals surface area contributed by atoms with Crippen molar-refractivity contribution < 1.29 is 14.8 Å². The first-order valence-corrected chi connectivity index (χ1v) is 7.05. The number of rotatable bonds is 6. The molecule has 7 nitrogen and oxygen atoms in total. The van der Waals surface area contributed by atoms with Crippen LogP contribution in [0.5, 0.6) is 0 Å². The van der Waals surface area contributed by atoms with E-state index in [2.05, 4.69) is 10.5 Å². The number of amides is 1. The SMILES string of the molecule is O=C(N/N=C\C=C\c1cccc([N+](=O)[O-])c1)[C@@H](O)c1ccccc1. The van der Waals surface area contributed by atoms with Crippen LogP contribution >= 0.6 is 0 Å². The Morgan fingerprint density at radius 2 is 1.96 bits per heavy atom. The fourth-order valence-corrected chi connectivity index (χ4v) is 1.89. The van der Waals surface area contributed by atoms with Crippen molar-refractivity contribution in [2.45, 2.75) is 6.10 Å². The highest BCUT2D eigenvalue weighted by Gasteiger charge is 2.15. The maximum absolute atomic E-state index is 11.7. The number of nitrogens with one attached hydrogen (secondary N) is 1. The molecule has 0 unspecified atom stereocenters. The Hall–Kier alpha value is -3.32. The van der Waals surface area contributed by atoms with Crippen LogP contribution < -0.4 is 5.43 Å². The number of nitro groups is 1. The van der Waals surface area contributed by atoms with Gasteiger partial charge >= 0.3 is 0 Å². The van der Waals surface area contributed by atoms with Crippen molar-refractivity contribution >= 4 is 23.9 Å². The number of aliphatic hydroxyl groups is 1. The Bertz CT molecular complexity index is 772. The van der Waals surface area contributed by atoms with E-state index in [0.717, 1.165) is 0 Å². The van der Waals surface area contributed by atoms with E-state index in [0.29, 0.717) is 11.1 Å². The van der Waals surface area contributed by atoms with Crippen molar-refractivity contribution in [3.8, 4) is 0 Å². The molecule has 0 aliphatic rings. The van der Waals surface area contributed by atoms with E-state index in [1.807, 2.05) is 0 Å². The van der Waals surface area contributed by atoms with Crippen molar-refractivity contribution in [1.29, 1.82) is 0 Å². The Labute approximate surface area is 138 Å². The second kappa shape index (κ2) is 8.35. The first-order valence-electron chi connectivity index (χ1n) is 7.05. The van der Waals surface area contributed by atoms with Crippen molar-refractivity contribution in [2.75, 3.05) is 0 Å². The maximum Gasteiger partial charge on any atom is 0.273 e. The summed E-state index contributed by atoms with van der Waals surface area (Å²) in [7, 11) is 0. The molecule has 0 heterocycles. The molecule has 0 aromatic heterocycles. The standard InChI is InChI=1S/C17H15N3O4/c21-16(14-8-2-1-3-9-14)17(22)19-18-11-5-7-13-6-4-10-15(12-13)20(23)24/h1-12,16,21H,(H,19,22)/b7-5+,18-11-/t16-/m0/s1. The Balaban J connectivity index is 1.89. The van der Waals surface area contributed by atoms with E-state index in [1.165, 1.54) is 24.4 Å². The minimum Gasteiger partial charge on any atom is -0.378 e. The molecule has 0 radical (unpaired) electrons. The van der Waals surface area contributed by atoms with E-state index in [1.54, 1.807) is 48.5 Å². The number of nitro benzene ring substituents is 1. The number of aliphatic hydroxyl groups excluding tert-OH is 1. The monoisotopic (exact) mass is 325 g/mol. The summed E-state index contributed by atoms with van der Waals surface area (Å²) >= 11 is 0. The summed E-state index contributed by atoms with van der Waals surface area (Å²) in [6, 6.07) is 14.6. The number of hydrogen-bond donors (Lipinski definition) is 2. The molecule has 2 rings (SSSR count). The number of hydrazone groups is 1. The van der Waals surface area contributed by atoms with E-state index < -0.39 is 16.9 Å². The van der Waals surface area contributed by atoms with Gasteiger partial charge in [-0.05, 0) is 17.2 Å². The van der Waals surface area contributed by atoms with Crippen LogP contribution in [0.4, 0.5) is 5.69 Å². The Kier molecular flexibility index (Phi) is 5.93. The molecule has 2 aromatic carbocycles. The molecule has 0 aliphatic heterocycles. The normalized spacial score (nSPS) is 12.4. The molecule has 2 aromatic rings. The number of nitrogens with zero attached hydrogens (tertiary/aromatic N) is 2. The fourth-order valence-electron chi connectivity index (χ4n) is 1.89. The third-order valence-corrected chi connectivity index (χ3v) is 3.07. The molecular formula is C17H15N3O4. The molecule has 0 spiro atoms. The third kappa shape index (κ3) is 4.85.